The van der Waals surface area contributed by atoms with Gasteiger partial charge in [0.1, 0.15) is 5.69 Å². The third-order valence-corrected chi connectivity index (χ3v) is 1.12. The van der Waals surface area contributed by atoms with E-state index in [2.05, 4.69) is 10.2 Å². The first-order valence-electron chi connectivity index (χ1n) is 2.62. The number of nitrogens with zero attached hydrogens (tertiary/aromatic N) is 2. The lowest BCUT2D eigenvalue weighted by Crippen LogP contribution is -1.71. The van der Waals surface area contributed by atoms with E-state index in [1.54, 1.807) is 18.5 Å². The van der Waals surface area contributed by atoms with Crippen LogP contribution in [-0.4, -0.2) is 10.2 Å². The van der Waals surface area contributed by atoms with Gasteiger partial charge in [0.2, 0.25) is 0 Å². The van der Waals surface area contributed by atoms with Gasteiger partial charge < -0.3 is 4.42 Å². The Morgan fingerprint density at radius 1 is 1.40 bits per heavy atom. The maximum atomic E-state index is 5.03. The maximum Gasteiger partial charge on any atom is 0.174 e. The van der Waals surface area contributed by atoms with E-state index in [-0.39, 0.29) is 4.70 Å². The molecule has 0 aliphatic carbocycles. The molecule has 2 aliphatic rings. The fourth-order valence-corrected chi connectivity index (χ4v) is 0.708. The molecular formula is C6H5FN2O. The third kappa shape index (κ3) is 0.834. The Hall–Kier alpha value is -1.45. The fraction of sp³-hybridized carbons (Fsp3) is 0. The Labute approximate surface area is 56.4 Å². The normalized spacial score (nSPS) is 9.20. The van der Waals surface area contributed by atoms with Gasteiger partial charge in [-0.3, -0.25) is 4.70 Å². The second-order valence-corrected chi connectivity index (χ2v) is 1.71. The van der Waals surface area contributed by atoms with Crippen molar-refractivity contribution in [2.45, 2.75) is 0 Å². The molecule has 0 N–H and O–H groups in total. The number of rotatable bonds is 0. The summed E-state index contributed by atoms with van der Waals surface area (Å²) in [5, 5.41) is 7.43. The van der Waals surface area contributed by atoms with E-state index in [0.717, 1.165) is 11.5 Å². The van der Waals surface area contributed by atoms with Crippen molar-refractivity contribution in [2.24, 2.45) is 0 Å². The highest BCUT2D eigenvalue weighted by Crippen LogP contribution is 2.15. The molecule has 10 heavy (non-hydrogen) atoms. The predicted molar refractivity (Wildman–Crippen MR) is 33.4 cm³/mol. The minimum Gasteiger partial charge on any atom is -0.461 e. The molecule has 0 spiro atoms. The molecule has 0 fully saturated rings. The lowest BCUT2D eigenvalue weighted by Gasteiger charge is -1.88. The Bertz CT molecular complexity index is 256. The molecule has 3 nitrogen and oxygen atoms in total. The van der Waals surface area contributed by atoms with Crippen LogP contribution in [0.1, 0.15) is 0 Å². The molecule has 0 bridgehead atoms. The summed E-state index contributed by atoms with van der Waals surface area (Å²) in [5.74, 6) is 0.734. The third-order valence-electron chi connectivity index (χ3n) is 1.12. The van der Waals surface area contributed by atoms with Crippen molar-refractivity contribution in [2.75, 3.05) is 0 Å². The second kappa shape index (κ2) is 2.43. The molecule has 0 atom stereocenters. The van der Waals surface area contributed by atoms with Crippen LogP contribution in [-0.2, 0) is 0 Å². The highest BCUT2D eigenvalue weighted by molar-refractivity contribution is 5.50. The Morgan fingerprint density at radius 3 is 3.10 bits per heavy atom. The first-order valence-corrected chi connectivity index (χ1v) is 2.62. The molecule has 52 valence electrons. The number of halogens is 1. The van der Waals surface area contributed by atoms with Crippen LogP contribution in [0.25, 0.3) is 11.5 Å². The van der Waals surface area contributed by atoms with Crippen LogP contribution in [0.15, 0.2) is 29.0 Å². The van der Waals surface area contributed by atoms with Gasteiger partial charge in [-0.15, -0.1) is 5.10 Å². The molecule has 0 unspecified atom stereocenters. The molecule has 2 heterocycles. The van der Waals surface area contributed by atoms with E-state index in [0.29, 0.717) is 0 Å². The van der Waals surface area contributed by atoms with Crippen molar-refractivity contribution in [1.82, 2.24) is 10.2 Å². The molecule has 4 heteroatoms. The summed E-state index contributed by atoms with van der Waals surface area (Å²) in [6.45, 7) is 0. The summed E-state index contributed by atoms with van der Waals surface area (Å²) in [5.41, 5.74) is 0.803. The molecule has 0 aromatic rings. The van der Waals surface area contributed by atoms with Crippen molar-refractivity contribution >= 4 is 0 Å². The standard InChI is InChI=1S/C6H4N2O.FH/c1-2-5-6(9-3-1)4-7-8-5;/h1-4H;1H. The van der Waals surface area contributed by atoms with Crippen molar-refractivity contribution in [1.29, 1.82) is 0 Å². The largest absolute Gasteiger partial charge is 0.461 e. The van der Waals surface area contributed by atoms with Crippen molar-refractivity contribution in [3.05, 3.63) is 24.6 Å². The Balaban J connectivity index is 0.000000500. The Morgan fingerprint density at radius 2 is 2.30 bits per heavy atom. The van der Waals surface area contributed by atoms with Crippen molar-refractivity contribution in [3.63, 3.8) is 0 Å². The summed E-state index contributed by atoms with van der Waals surface area (Å²) >= 11 is 0. The summed E-state index contributed by atoms with van der Waals surface area (Å²) < 4.78 is 5.03. The lowest BCUT2D eigenvalue weighted by atomic mass is 10.3. The zero-order chi connectivity index (χ0) is 6.10. The van der Waals surface area contributed by atoms with E-state index in [9.17, 15) is 0 Å². The van der Waals surface area contributed by atoms with Crippen LogP contribution >= 0.6 is 0 Å². The van der Waals surface area contributed by atoms with Gasteiger partial charge in [0.05, 0.1) is 12.5 Å². The topological polar surface area (TPSA) is 38.9 Å². The molecule has 0 amide bonds. The van der Waals surface area contributed by atoms with Gasteiger partial charge in [-0.25, -0.2) is 0 Å². The first-order chi connectivity index (χ1) is 4.47. The molecule has 2 aliphatic heterocycles. The average molecular weight is 140 g/mol. The highest BCUT2D eigenvalue weighted by Gasteiger charge is 2.02. The number of aromatic nitrogens is 2. The van der Waals surface area contributed by atoms with Crippen LogP contribution in [0, 0.1) is 0 Å². The number of hydrogen-bond acceptors (Lipinski definition) is 3. The van der Waals surface area contributed by atoms with E-state index < -0.39 is 0 Å². The van der Waals surface area contributed by atoms with Gasteiger partial charge in [0.25, 0.3) is 0 Å². The van der Waals surface area contributed by atoms with Crippen molar-refractivity contribution < 1.29 is 9.12 Å². The van der Waals surface area contributed by atoms with Gasteiger partial charge in [0.15, 0.2) is 5.76 Å². The zero-order valence-corrected chi connectivity index (χ0v) is 5.02. The molecule has 0 saturated heterocycles. The van der Waals surface area contributed by atoms with Crippen LogP contribution in [0.2, 0.25) is 0 Å². The molecule has 0 aromatic carbocycles. The van der Waals surface area contributed by atoms with Crippen LogP contribution < -0.4 is 0 Å². The fourth-order valence-electron chi connectivity index (χ4n) is 0.708. The summed E-state index contributed by atoms with van der Waals surface area (Å²) in [4.78, 5) is 0. The first kappa shape index (κ1) is 6.67. The summed E-state index contributed by atoms with van der Waals surface area (Å²) in [6, 6.07) is 3.64. The van der Waals surface area contributed by atoms with Gasteiger partial charge in [0, 0.05) is 0 Å². The number of hydrogen-bond donors (Lipinski definition) is 0. The molecular weight excluding hydrogens is 135 g/mol. The predicted octanol–water partition coefficient (Wildman–Crippen LogP) is 1.33. The highest BCUT2D eigenvalue weighted by atomic mass is 19.0. The van der Waals surface area contributed by atoms with Crippen LogP contribution in [0.4, 0.5) is 4.70 Å². The van der Waals surface area contributed by atoms with Gasteiger partial charge in [-0.2, -0.15) is 5.10 Å². The number of fused-ring (bicyclic) bond motifs is 1. The quantitative estimate of drug-likeness (QED) is 0.554. The Kier molecular flexibility index (Phi) is 1.62. The van der Waals surface area contributed by atoms with E-state index in [4.69, 9.17) is 4.42 Å². The van der Waals surface area contributed by atoms with Gasteiger partial charge in [-0.1, -0.05) is 0 Å². The molecule has 0 saturated carbocycles. The van der Waals surface area contributed by atoms with E-state index in [1.165, 1.54) is 0 Å². The minimum absolute atomic E-state index is 0. The lowest BCUT2D eigenvalue weighted by molar-refractivity contribution is 0.565. The van der Waals surface area contributed by atoms with Crippen LogP contribution in [0.3, 0.4) is 0 Å². The van der Waals surface area contributed by atoms with E-state index in [1.807, 2.05) is 6.07 Å². The molecule has 0 aromatic heterocycles. The second-order valence-electron chi connectivity index (χ2n) is 1.71. The molecule has 0 radical (unpaired) electrons. The van der Waals surface area contributed by atoms with Crippen LogP contribution in [0.5, 0.6) is 0 Å². The van der Waals surface area contributed by atoms with Crippen molar-refractivity contribution in [3.8, 4) is 11.5 Å². The monoisotopic (exact) mass is 140 g/mol. The average Bonchev–Trinajstić information content (AvgIpc) is 2.33. The smallest absolute Gasteiger partial charge is 0.174 e. The van der Waals surface area contributed by atoms with E-state index >= 15 is 0 Å². The van der Waals surface area contributed by atoms with Gasteiger partial charge >= 0.3 is 0 Å². The minimum atomic E-state index is 0. The zero-order valence-electron chi connectivity index (χ0n) is 5.02. The summed E-state index contributed by atoms with van der Waals surface area (Å²) in [6.07, 6.45) is 3.20. The van der Waals surface area contributed by atoms with Gasteiger partial charge in [-0.05, 0) is 12.1 Å². The SMILES string of the molecule is F.c1coc2cnnc-2c1. The maximum absolute atomic E-state index is 5.03. The summed E-state index contributed by atoms with van der Waals surface area (Å²) in [7, 11) is 0. The molecule has 2 rings (SSSR count).